The maximum atomic E-state index is 6.21. The molecule has 0 saturated carbocycles. The third-order valence-electron chi connectivity index (χ3n) is 2.86. The maximum absolute atomic E-state index is 6.21. The first kappa shape index (κ1) is 10.6. The van der Waals surface area contributed by atoms with Crippen LogP contribution in [-0.4, -0.2) is 0 Å². The SMILES string of the molecule is Cc1cc(C(N)c2cc3ccccc3o2)cs1. The lowest BCUT2D eigenvalue weighted by Gasteiger charge is -2.05. The fraction of sp³-hybridized carbons (Fsp3) is 0.143. The summed E-state index contributed by atoms with van der Waals surface area (Å²) in [6.45, 7) is 2.08. The van der Waals surface area contributed by atoms with Crippen molar-refractivity contribution in [2.24, 2.45) is 5.73 Å². The Hall–Kier alpha value is -1.58. The molecule has 3 aromatic rings. The van der Waals surface area contributed by atoms with Crippen LogP contribution >= 0.6 is 11.3 Å². The number of nitrogens with two attached hydrogens (primary N) is 1. The van der Waals surface area contributed by atoms with E-state index in [1.165, 1.54) is 4.88 Å². The molecule has 0 spiro atoms. The Labute approximate surface area is 104 Å². The molecule has 0 amide bonds. The molecule has 2 nitrogen and oxygen atoms in total. The molecule has 1 aromatic carbocycles. The van der Waals surface area contributed by atoms with E-state index in [1.54, 1.807) is 11.3 Å². The Morgan fingerprint density at radius 1 is 1.24 bits per heavy atom. The molecule has 3 rings (SSSR count). The summed E-state index contributed by atoms with van der Waals surface area (Å²) in [6, 6.07) is 11.9. The first-order valence-corrected chi connectivity index (χ1v) is 6.41. The van der Waals surface area contributed by atoms with Gasteiger partial charge in [0.1, 0.15) is 11.3 Å². The van der Waals surface area contributed by atoms with Crippen molar-refractivity contribution >= 4 is 22.3 Å². The van der Waals surface area contributed by atoms with Crippen LogP contribution in [0.1, 0.15) is 22.2 Å². The molecule has 0 fully saturated rings. The van der Waals surface area contributed by atoms with E-state index >= 15 is 0 Å². The molecule has 17 heavy (non-hydrogen) atoms. The third-order valence-corrected chi connectivity index (χ3v) is 3.74. The first-order valence-electron chi connectivity index (χ1n) is 5.53. The van der Waals surface area contributed by atoms with Gasteiger partial charge in [-0.1, -0.05) is 18.2 Å². The summed E-state index contributed by atoms with van der Waals surface area (Å²) in [5, 5.41) is 3.19. The quantitative estimate of drug-likeness (QED) is 0.742. The van der Waals surface area contributed by atoms with Gasteiger partial charge in [0.2, 0.25) is 0 Å². The van der Waals surface area contributed by atoms with Gasteiger partial charge in [-0.15, -0.1) is 11.3 Å². The second kappa shape index (κ2) is 4.02. The average Bonchev–Trinajstić information content (AvgIpc) is 2.93. The lowest BCUT2D eigenvalue weighted by atomic mass is 10.1. The van der Waals surface area contributed by atoms with Crippen LogP contribution in [0.4, 0.5) is 0 Å². The minimum atomic E-state index is -0.174. The minimum Gasteiger partial charge on any atom is -0.459 e. The number of hydrogen-bond donors (Lipinski definition) is 1. The van der Waals surface area contributed by atoms with Crippen molar-refractivity contribution in [1.29, 1.82) is 0 Å². The van der Waals surface area contributed by atoms with Crippen molar-refractivity contribution < 1.29 is 4.42 Å². The van der Waals surface area contributed by atoms with Gasteiger partial charge in [0.15, 0.2) is 0 Å². The zero-order chi connectivity index (χ0) is 11.8. The van der Waals surface area contributed by atoms with Gasteiger partial charge in [-0.3, -0.25) is 0 Å². The van der Waals surface area contributed by atoms with E-state index < -0.39 is 0 Å². The predicted octanol–water partition coefficient (Wildman–Crippen LogP) is 3.85. The van der Waals surface area contributed by atoms with Crippen molar-refractivity contribution in [2.45, 2.75) is 13.0 Å². The number of rotatable bonds is 2. The van der Waals surface area contributed by atoms with Crippen molar-refractivity contribution in [1.82, 2.24) is 0 Å². The van der Waals surface area contributed by atoms with E-state index in [0.717, 1.165) is 22.3 Å². The number of thiophene rings is 1. The largest absolute Gasteiger partial charge is 0.459 e. The molecule has 2 N–H and O–H groups in total. The highest BCUT2D eigenvalue weighted by atomic mass is 32.1. The van der Waals surface area contributed by atoms with Crippen molar-refractivity contribution in [3.05, 3.63) is 58.0 Å². The lowest BCUT2D eigenvalue weighted by molar-refractivity contribution is 0.525. The van der Waals surface area contributed by atoms with Gasteiger partial charge in [-0.2, -0.15) is 0 Å². The highest BCUT2D eigenvalue weighted by Crippen LogP contribution is 2.28. The molecule has 0 radical (unpaired) electrons. The van der Waals surface area contributed by atoms with E-state index in [1.807, 2.05) is 30.3 Å². The number of furan rings is 1. The van der Waals surface area contributed by atoms with Crippen molar-refractivity contribution in [3.63, 3.8) is 0 Å². The standard InChI is InChI=1S/C14H13NOS/c1-9-6-11(8-17-9)14(15)13-7-10-4-2-3-5-12(10)16-13/h2-8,14H,15H2,1H3. The van der Waals surface area contributed by atoms with Gasteiger partial charge >= 0.3 is 0 Å². The molecule has 0 bridgehead atoms. The molecule has 3 heteroatoms. The summed E-state index contributed by atoms with van der Waals surface area (Å²) < 4.78 is 5.77. The van der Waals surface area contributed by atoms with E-state index in [2.05, 4.69) is 18.4 Å². The summed E-state index contributed by atoms with van der Waals surface area (Å²) >= 11 is 1.71. The number of hydrogen-bond acceptors (Lipinski definition) is 3. The minimum absolute atomic E-state index is 0.174. The maximum Gasteiger partial charge on any atom is 0.134 e. The number of para-hydroxylation sites is 1. The second-order valence-electron chi connectivity index (χ2n) is 4.15. The Bertz CT molecular complexity index is 620. The molecular weight excluding hydrogens is 230 g/mol. The van der Waals surface area contributed by atoms with E-state index in [4.69, 9.17) is 10.2 Å². The van der Waals surface area contributed by atoms with E-state index in [-0.39, 0.29) is 6.04 Å². The van der Waals surface area contributed by atoms with Gasteiger partial charge < -0.3 is 10.2 Å². The van der Waals surface area contributed by atoms with Gasteiger partial charge in [0, 0.05) is 10.3 Å². The number of benzene rings is 1. The second-order valence-corrected chi connectivity index (χ2v) is 5.27. The Morgan fingerprint density at radius 3 is 2.76 bits per heavy atom. The molecule has 2 aromatic heterocycles. The Kier molecular flexibility index (Phi) is 2.50. The molecular formula is C14H13NOS. The fourth-order valence-electron chi connectivity index (χ4n) is 1.95. The lowest BCUT2D eigenvalue weighted by Crippen LogP contribution is -2.09. The summed E-state index contributed by atoms with van der Waals surface area (Å²) in [6.07, 6.45) is 0. The Morgan fingerprint density at radius 2 is 2.06 bits per heavy atom. The first-order chi connectivity index (χ1) is 8.24. The molecule has 0 aliphatic heterocycles. The van der Waals surface area contributed by atoms with Gasteiger partial charge in [0.05, 0.1) is 6.04 Å². The topological polar surface area (TPSA) is 39.2 Å². The highest BCUT2D eigenvalue weighted by molar-refractivity contribution is 7.10. The molecule has 0 saturated heterocycles. The summed E-state index contributed by atoms with van der Waals surface area (Å²) in [4.78, 5) is 1.27. The van der Waals surface area contributed by atoms with Crippen molar-refractivity contribution in [3.8, 4) is 0 Å². The fourth-order valence-corrected chi connectivity index (χ4v) is 2.69. The van der Waals surface area contributed by atoms with Crippen LogP contribution in [0.5, 0.6) is 0 Å². The normalized spacial score (nSPS) is 13.1. The molecule has 0 aliphatic rings. The molecule has 1 atom stereocenters. The third kappa shape index (κ3) is 1.88. The van der Waals surface area contributed by atoms with Crippen LogP contribution in [0.3, 0.4) is 0 Å². The van der Waals surface area contributed by atoms with Gasteiger partial charge in [0.25, 0.3) is 0 Å². The van der Waals surface area contributed by atoms with Crippen LogP contribution < -0.4 is 5.73 Å². The summed E-state index contributed by atoms with van der Waals surface area (Å²) in [7, 11) is 0. The van der Waals surface area contributed by atoms with Crippen LogP contribution in [0.15, 0.2) is 46.2 Å². The van der Waals surface area contributed by atoms with E-state index in [0.29, 0.717) is 0 Å². The number of fused-ring (bicyclic) bond motifs is 1. The van der Waals surface area contributed by atoms with Gasteiger partial charge in [-0.05, 0) is 36.1 Å². The monoisotopic (exact) mass is 243 g/mol. The Balaban J connectivity index is 2.03. The van der Waals surface area contributed by atoms with Crippen LogP contribution in [0.2, 0.25) is 0 Å². The average molecular weight is 243 g/mol. The van der Waals surface area contributed by atoms with Crippen LogP contribution in [0.25, 0.3) is 11.0 Å². The van der Waals surface area contributed by atoms with E-state index in [9.17, 15) is 0 Å². The highest BCUT2D eigenvalue weighted by Gasteiger charge is 2.14. The molecule has 86 valence electrons. The van der Waals surface area contributed by atoms with Crippen molar-refractivity contribution in [2.75, 3.05) is 0 Å². The zero-order valence-electron chi connectivity index (χ0n) is 9.51. The molecule has 1 unspecified atom stereocenters. The molecule has 2 heterocycles. The smallest absolute Gasteiger partial charge is 0.134 e. The van der Waals surface area contributed by atoms with Crippen LogP contribution in [0, 0.1) is 6.92 Å². The summed E-state index contributed by atoms with van der Waals surface area (Å²) in [5.41, 5.74) is 8.22. The molecule has 0 aliphatic carbocycles. The predicted molar refractivity (Wildman–Crippen MR) is 71.3 cm³/mol. The zero-order valence-corrected chi connectivity index (χ0v) is 10.3. The van der Waals surface area contributed by atoms with Crippen LogP contribution in [-0.2, 0) is 0 Å². The van der Waals surface area contributed by atoms with Gasteiger partial charge in [-0.25, -0.2) is 0 Å². The summed E-state index contributed by atoms with van der Waals surface area (Å²) in [5.74, 6) is 0.823. The number of aryl methyl sites for hydroxylation is 1.